The number of nitrogens with zero attached hydrogens (tertiary/aromatic N) is 1. The van der Waals surface area contributed by atoms with E-state index in [0.29, 0.717) is 13.0 Å². The molecule has 0 fully saturated rings. The van der Waals surface area contributed by atoms with Crippen LogP contribution in [0.3, 0.4) is 0 Å². The first-order valence-electron chi connectivity index (χ1n) is 7.16. The van der Waals surface area contributed by atoms with Gasteiger partial charge in [0.05, 0.1) is 6.61 Å². The molecule has 22 heavy (non-hydrogen) atoms. The molecule has 0 aliphatic heterocycles. The summed E-state index contributed by atoms with van der Waals surface area (Å²) in [5, 5.41) is 0.775. The van der Waals surface area contributed by atoms with Gasteiger partial charge >= 0.3 is 5.97 Å². The Morgan fingerprint density at radius 2 is 1.91 bits per heavy atom. The maximum absolute atomic E-state index is 13.1. The summed E-state index contributed by atoms with van der Waals surface area (Å²) in [5.41, 5.74) is 1.96. The lowest BCUT2D eigenvalue weighted by molar-refractivity contribution is -0.144. The minimum atomic E-state index is -0.294. The Morgan fingerprint density at radius 1 is 1.09 bits per heavy atom. The van der Waals surface area contributed by atoms with Gasteiger partial charge in [0.1, 0.15) is 12.4 Å². The quantitative estimate of drug-likeness (QED) is 0.674. The average molecular weight is 297 g/mol. The molecule has 0 aliphatic carbocycles. The molecule has 4 heteroatoms. The molecule has 1 aromatic heterocycles. The van der Waals surface area contributed by atoms with Crippen molar-refractivity contribution >= 4 is 16.9 Å². The highest BCUT2D eigenvalue weighted by Crippen LogP contribution is 2.17. The number of halogens is 1. The largest absolute Gasteiger partial charge is 0.464 e. The zero-order chi connectivity index (χ0) is 15.4. The van der Waals surface area contributed by atoms with Gasteiger partial charge in [-0.2, -0.15) is 0 Å². The van der Waals surface area contributed by atoms with Crippen LogP contribution in [0.15, 0.2) is 60.8 Å². The number of esters is 1. The SMILES string of the molecule is O=C(Cn1ccc2cc(F)ccc21)OCCc1ccccc1. The molecule has 0 atom stereocenters. The van der Waals surface area contributed by atoms with Gasteiger partial charge in [0.2, 0.25) is 0 Å². The van der Waals surface area contributed by atoms with Gasteiger partial charge in [-0.3, -0.25) is 4.79 Å². The summed E-state index contributed by atoms with van der Waals surface area (Å²) in [7, 11) is 0. The molecule has 0 bridgehead atoms. The smallest absolute Gasteiger partial charge is 0.325 e. The minimum absolute atomic E-state index is 0.129. The van der Waals surface area contributed by atoms with Crippen molar-refractivity contribution in [3.63, 3.8) is 0 Å². The molecule has 3 aromatic rings. The van der Waals surface area contributed by atoms with Crippen molar-refractivity contribution in [2.45, 2.75) is 13.0 Å². The van der Waals surface area contributed by atoms with Crippen molar-refractivity contribution in [3.05, 3.63) is 72.2 Å². The number of aromatic nitrogens is 1. The third-order valence-corrected chi connectivity index (χ3v) is 3.53. The van der Waals surface area contributed by atoms with Crippen molar-refractivity contribution < 1.29 is 13.9 Å². The minimum Gasteiger partial charge on any atom is -0.464 e. The number of hydrogen-bond acceptors (Lipinski definition) is 2. The Kier molecular flexibility index (Phi) is 4.19. The molecule has 1 heterocycles. The second kappa shape index (κ2) is 6.43. The van der Waals surface area contributed by atoms with Gasteiger partial charge in [-0.05, 0) is 29.8 Å². The zero-order valence-corrected chi connectivity index (χ0v) is 12.0. The van der Waals surface area contributed by atoms with Crippen LogP contribution in [0.1, 0.15) is 5.56 Å². The van der Waals surface area contributed by atoms with Gasteiger partial charge in [-0.15, -0.1) is 0 Å². The highest BCUT2D eigenvalue weighted by Gasteiger charge is 2.08. The molecule has 0 radical (unpaired) electrons. The van der Waals surface area contributed by atoms with Crippen LogP contribution in [0.5, 0.6) is 0 Å². The predicted molar refractivity (Wildman–Crippen MR) is 83.0 cm³/mol. The molecule has 0 N–H and O–H groups in total. The number of rotatable bonds is 5. The molecule has 0 saturated heterocycles. The molecular formula is C18H16FNO2. The highest BCUT2D eigenvalue weighted by molar-refractivity contribution is 5.82. The van der Waals surface area contributed by atoms with Crippen LogP contribution in [-0.2, 0) is 22.5 Å². The molecule has 3 nitrogen and oxygen atoms in total. The summed E-state index contributed by atoms with van der Waals surface area (Å²) < 4.78 is 20.2. The van der Waals surface area contributed by atoms with Crippen LogP contribution in [0.2, 0.25) is 0 Å². The van der Waals surface area contributed by atoms with Crippen molar-refractivity contribution in [2.24, 2.45) is 0 Å². The van der Waals surface area contributed by atoms with Gasteiger partial charge < -0.3 is 9.30 Å². The summed E-state index contributed by atoms with van der Waals surface area (Å²) in [6.45, 7) is 0.487. The summed E-state index contributed by atoms with van der Waals surface area (Å²) in [5.74, 6) is -0.576. The fourth-order valence-electron chi connectivity index (χ4n) is 2.42. The van der Waals surface area contributed by atoms with Crippen LogP contribution in [0.25, 0.3) is 10.9 Å². The lowest BCUT2D eigenvalue weighted by Crippen LogP contribution is -2.14. The average Bonchev–Trinajstić information content (AvgIpc) is 2.90. The maximum Gasteiger partial charge on any atom is 0.325 e. The second-order valence-corrected chi connectivity index (χ2v) is 5.10. The van der Waals surface area contributed by atoms with Crippen LogP contribution in [0, 0.1) is 5.82 Å². The fraction of sp³-hybridized carbons (Fsp3) is 0.167. The molecule has 112 valence electrons. The lowest BCUT2D eigenvalue weighted by atomic mass is 10.2. The Bertz CT molecular complexity index is 780. The number of carbonyl (C=O) groups is 1. The maximum atomic E-state index is 13.1. The first-order chi connectivity index (χ1) is 10.7. The van der Waals surface area contributed by atoms with E-state index in [-0.39, 0.29) is 18.3 Å². The Labute approximate surface area is 127 Å². The third kappa shape index (κ3) is 3.34. The Balaban J connectivity index is 1.57. The van der Waals surface area contributed by atoms with Crippen molar-refractivity contribution in [3.8, 4) is 0 Å². The zero-order valence-electron chi connectivity index (χ0n) is 12.0. The van der Waals surface area contributed by atoms with E-state index in [0.717, 1.165) is 16.5 Å². The van der Waals surface area contributed by atoms with Gasteiger partial charge in [0, 0.05) is 23.5 Å². The molecule has 0 saturated carbocycles. The summed E-state index contributed by atoms with van der Waals surface area (Å²) >= 11 is 0. The first kappa shape index (κ1) is 14.3. The fourth-order valence-corrected chi connectivity index (χ4v) is 2.42. The van der Waals surface area contributed by atoms with Crippen molar-refractivity contribution in [1.29, 1.82) is 0 Å². The highest BCUT2D eigenvalue weighted by atomic mass is 19.1. The van der Waals surface area contributed by atoms with Crippen LogP contribution < -0.4 is 0 Å². The predicted octanol–water partition coefficient (Wildman–Crippen LogP) is 3.57. The number of carbonyl (C=O) groups excluding carboxylic acids is 1. The summed E-state index contributed by atoms with van der Waals surface area (Å²) in [4.78, 5) is 11.9. The van der Waals surface area contributed by atoms with Crippen LogP contribution in [0.4, 0.5) is 4.39 Å². The molecule has 3 rings (SSSR count). The van der Waals surface area contributed by atoms with Crippen LogP contribution in [-0.4, -0.2) is 17.1 Å². The monoisotopic (exact) mass is 297 g/mol. The standard InChI is InChI=1S/C18H16FNO2/c19-16-6-7-17-15(12-16)8-10-20(17)13-18(21)22-11-9-14-4-2-1-3-5-14/h1-8,10,12H,9,11,13H2. The van der Waals surface area contributed by atoms with Gasteiger partial charge in [-0.1, -0.05) is 30.3 Å². The van der Waals surface area contributed by atoms with E-state index in [1.54, 1.807) is 22.9 Å². The molecule has 2 aromatic carbocycles. The van der Waals surface area contributed by atoms with Crippen molar-refractivity contribution in [2.75, 3.05) is 6.61 Å². The van der Waals surface area contributed by atoms with Gasteiger partial charge in [-0.25, -0.2) is 4.39 Å². The van der Waals surface area contributed by atoms with E-state index in [9.17, 15) is 9.18 Å². The first-order valence-corrected chi connectivity index (χ1v) is 7.16. The third-order valence-electron chi connectivity index (χ3n) is 3.53. The van der Waals surface area contributed by atoms with E-state index >= 15 is 0 Å². The van der Waals surface area contributed by atoms with Gasteiger partial charge in [0.25, 0.3) is 0 Å². The summed E-state index contributed by atoms with van der Waals surface area (Å²) in [6, 6.07) is 16.2. The molecular weight excluding hydrogens is 281 g/mol. The van der Waals surface area contributed by atoms with E-state index in [4.69, 9.17) is 4.74 Å². The molecule has 0 amide bonds. The number of hydrogen-bond donors (Lipinski definition) is 0. The van der Waals surface area contributed by atoms with E-state index < -0.39 is 0 Å². The van der Waals surface area contributed by atoms with E-state index in [1.807, 2.05) is 30.3 Å². The summed E-state index contributed by atoms with van der Waals surface area (Å²) in [6.07, 6.45) is 2.47. The number of fused-ring (bicyclic) bond motifs is 1. The van der Waals surface area contributed by atoms with Crippen molar-refractivity contribution in [1.82, 2.24) is 4.57 Å². The van der Waals surface area contributed by atoms with Crippen LogP contribution >= 0.6 is 0 Å². The topological polar surface area (TPSA) is 31.2 Å². The Morgan fingerprint density at radius 3 is 2.73 bits per heavy atom. The molecule has 0 aliphatic rings. The number of benzene rings is 2. The normalized spacial score (nSPS) is 10.8. The lowest BCUT2D eigenvalue weighted by Gasteiger charge is -2.07. The van der Waals surface area contributed by atoms with Gasteiger partial charge in [0.15, 0.2) is 0 Å². The number of ether oxygens (including phenoxy) is 1. The Hall–Kier alpha value is -2.62. The van der Waals surface area contributed by atoms with E-state index in [2.05, 4.69) is 0 Å². The second-order valence-electron chi connectivity index (χ2n) is 5.10. The molecule has 0 unspecified atom stereocenters. The van der Waals surface area contributed by atoms with E-state index in [1.165, 1.54) is 12.1 Å². The molecule has 0 spiro atoms.